The Labute approximate surface area is 174 Å². The molecule has 1 amide bonds. The van der Waals surface area contributed by atoms with E-state index in [0.717, 1.165) is 11.1 Å². The lowest BCUT2D eigenvalue weighted by atomic mass is 9.85. The van der Waals surface area contributed by atoms with Gasteiger partial charge in [-0.05, 0) is 40.8 Å². The summed E-state index contributed by atoms with van der Waals surface area (Å²) in [7, 11) is 0. The highest BCUT2D eigenvalue weighted by atomic mass is 16.3. The molecule has 3 aromatic rings. The van der Waals surface area contributed by atoms with Crippen molar-refractivity contribution in [1.29, 1.82) is 0 Å². The third kappa shape index (κ3) is 3.45. The first-order chi connectivity index (χ1) is 14.3. The van der Waals surface area contributed by atoms with Crippen LogP contribution in [0.4, 0.5) is 0 Å². The summed E-state index contributed by atoms with van der Waals surface area (Å²) in [6, 6.07) is 13.6. The number of carbonyl (C=O) groups excluding carboxylic acids is 2. The van der Waals surface area contributed by atoms with Crippen molar-refractivity contribution < 1.29 is 23.5 Å². The van der Waals surface area contributed by atoms with Gasteiger partial charge in [-0.1, -0.05) is 45.0 Å². The normalized spacial score (nSPS) is 17.1. The van der Waals surface area contributed by atoms with Crippen molar-refractivity contribution in [3.63, 3.8) is 0 Å². The number of ketones is 1. The van der Waals surface area contributed by atoms with Gasteiger partial charge in [0.25, 0.3) is 5.91 Å². The summed E-state index contributed by atoms with van der Waals surface area (Å²) in [6.45, 7) is 6.46. The van der Waals surface area contributed by atoms with Gasteiger partial charge in [0.05, 0.1) is 30.7 Å². The fourth-order valence-electron chi connectivity index (χ4n) is 3.67. The van der Waals surface area contributed by atoms with E-state index in [1.165, 1.54) is 23.5 Å². The first-order valence-corrected chi connectivity index (χ1v) is 9.72. The molecule has 0 spiro atoms. The lowest BCUT2D eigenvalue weighted by Crippen LogP contribution is -2.30. The van der Waals surface area contributed by atoms with Crippen LogP contribution < -0.4 is 0 Å². The number of aliphatic hydroxyl groups excluding tert-OH is 1. The van der Waals surface area contributed by atoms with Crippen LogP contribution in [0.1, 0.15) is 54.3 Å². The molecule has 1 atom stereocenters. The quantitative estimate of drug-likeness (QED) is 0.607. The first kappa shape index (κ1) is 19.8. The van der Waals surface area contributed by atoms with E-state index in [1.54, 1.807) is 18.2 Å². The zero-order chi connectivity index (χ0) is 21.5. The van der Waals surface area contributed by atoms with Crippen molar-refractivity contribution in [3.05, 3.63) is 95.0 Å². The summed E-state index contributed by atoms with van der Waals surface area (Å²) in [5, 5.41) is 10.6. The molecule has 1 unspecified atom stereocenters. The van der Waals surface area contributed by atoms with Crippen LogP contribution in [0.3, 0.4) is 0 Å². The third-order valence-corrected chi connectivity index (χ3v) is 5.29. The maximum atomic E-state index is 13.1. The van der Waals surface area contributed by atoms with E-state index in [1.807, 2.05) is 24.3 Å². The maximum Gasteiger partial charge on any atom is 0.290 e. The van der Waals surface area contributed by atoms with Crippen molar-refractivity contribution in [2.24, 2.45) is 0 Å². The van der Waals surface area contributed by atoms with Crippen LogP contribution in [0.25, 0.3) is 0 Å². The largest absolute Gasteiger partial charge is 0.503 e. The summed E-state index contributed by atoms with van der Waals surface area (Å²) in [5.74, 6) is -1.07. The van der Waals surface area contributed by atoms with Crippen molar-refractivity contribution in [2.75, 3.05) is 0 Å². The third-order valence-electron chi connectivity index (χ3n) is 5.29. The predicted octanol–water partition coefficient (Wildman–Crippen LogP) is 4.95. The SMILES string of the molecule is CC(C)(C)c1ccc(C2C(C(=O)c3ccco3)=C(O)C(=O)N2Cc2ccco2)cc1. The average molecular weight is 405 g/mol. The molecule has 1 aliphatic heterocycles. The predicted molar refractivity (Wildman–Crippen MR) is 110 cm³/mol. The minimum Gasteiger partial charge on any atom is -0.503 e. The molecule has 0 saturated carbocycles. The van der Waals surface area contributed by atoms with Crippen LogP contribution in [-0.4, -0.2) is 21.7 Å². The van der Waals surface area contributed by atoms with Crippen LogP contribution in [0.15, 0.2) is 81.2 Å². The van der Waals surface area contributed by atoms with E-state index in [0.29, 0.717) is 5.76 Å². The van der Waals surface area contributed by atoms with E-state index in [9.17, 15) is 14.7 Å². The number of amides is 1. The van der Waals surface area contributed by atoms with E-state index in [-0.39, 0.29) is 23.3 Å². The summed E-state index contributed by atoms with van der Waals surface area (Å²) in [5.41, 5.74) is 1.81. The van der Waals surface area contributed by atoms with Gasteiger partial charge in [0.15, 0.2) is 11.5 Å². The number of carbonyl (C=O) groups is 2. The fraction of sp³-hybridized carbons (Fsp3) is 0.250. The number of hydrogen-bond donors (Lipinski definition) is 1. The second-order valence-corrected chi connectivity index (χ2v) is 8.36. The van der Waals surface area contributed by atoms with Gasteiger partial charge in [-0.15, -0.1) is 0 Å². The highest BCUT2D eigenvalue weighted by molar-refractivity contribution is 6.14. The fourth-order valence-corrected chi connectivity index (χ4v) is 3.67. The number of nitrogens with zero attached hydrogens (tertiary/aromatic N) is 1. The Kier molecular flexibility index (Phi) is 4.86. The van der Waals surface area contributed by atoms with Crippen molar-refractivity contribution in [2.45, 2.75) is 38.8 Å². The highest BCUT2D eigenvalue weighted by Crippen LogP contribution is 2.40. The monoisotopic (exact) mass is 405 g/mol. The summed E-state index contributed by atoms with van der Waals surface area (Å²) < 4.78 is 10.6. The van der Waals surface area contributed by atoms with Gasteiger partial charge in [0.2, 0.25) is 5.78 Å². The zero-order valence-electron chi connectivity index (χ0n) is 17.1. The van der Waals surface area contributed by atoms with Crippen molar-refractivity contribution in [3.8, 4) is 0 Å². The molecular formula is C24H23NO5. The summed E-state index contributed by atoms with van der Waals surface area (Å²) in [4.78, 5) is 27.5. The Morgan fingerprint density at radius 1 is 1.03 bits per heavy atom. The number of aliphatic hydroxyl groups is 1. The number of hydrogen-bond acceptors (Lipinski definition) is 5. The number of Topliss-reactive ketones (excluding diaryl/α,β-unsaturated/α-hetero) is 1. The average Bonchev–Trinajstić information content (AvgIpc) is 3.46. The van der Waals surface area contributed by atoms with Crippen LogP contribution in [0, 0.1) is 0 Å². The Morgan fingerprint density at radius 3 is 2.27 bits per heavy atom. The number of rotatable bonds is 5. The van der Waals surface area contributed by atoms with Crippen LogP contribution in [-0.2, 0) is 16.8 Å². The van der Waals surface area contributed by atoms with Gasteiger partial charge in [0, 0.05) is 0 Å². The molecule has 3 heterocycles. The minimum absolute atomic E-state index is 0.00464. The lowest BCUT2D eigenvalue weighted by Gasteiger charge is -2.27. The van der Waals surface area contributed by atoms with E-state index in [2.05, 4.69) is 20.8 Å². The van der Waals surface area contributed by atoms with Crippen LogP contribution in [0.2, 0.25) is 0 Å². The Bertz CT molecular complexity index is 1080. The van der Waals surface area contributed by atoms with Crippen LogP contribution >= 0.6 is 0 Å². The molecule has 0 bridgehead atoms. The molecular weight excluding hydrogens is 382 g/mol. The molecule has 1 aliphatic rings. The van der Waals surface area contributed by atoms with Gasteiger partial charge in [0.1, 0.15) is 5.76 Å². The molecule has 6 heteroatoms. The minimum atomic E-state index is -0.755. The van der Waals surface area contributed by atoms with E-state index in [4.69, 9.17) is 8.83 Å². The smallest absolute Gasteiger partial charge is 0.290 e. The molecule has 30 heavy (non-hydrogen) atoms. The van der Waals surface area contributed by atoms with Gasteiger partial charge < -0.3 is 18.8 Å². The first-order valence-electron chi connectivity index (χ1n) is 9.72. The zero-order valence-corrected chi connectivity index (χ0v) is 17.1. The lowest BCUT2D eigenvalue weighted by molar-refractivity contribution is -0.130. The van der Waals surface area contributed by atoms with Gasteiger partial charge in [-0.25, -0.2) is 0 Å². The molecule has 0 saturated heterocycles. The molecule has 0 aliphatic carbocycles. The molecule has 2 aromatic heterocycles. The van der Waals surface area contributed by atoms with E-state index < -0.39 is 23.5 Å². The maximum absolute atomic E-state index is 13.1. The second-order valence-electron chi connectivity index (χ2n) is 8.36. The second kappa shape index (κ2) is 7.37. The van der Waals surface area contributed by atoms with Gasteiger partial charge in [-0.2, -0.15) is 0 Å². The van der Waals surface area contributed by atoms with Crippen molar-refractivity contribution in [1.82, 2.24) is 4.90 Å². The molecule has 0 radical (unpaired) electrons. The van der Waals surface area contributed by atoms with Crippen molar-refractivity contribution >= 4 is 11.7 Å². The Morgan fingerprint density at radius 2 is 1.70 bits per heavy atom. The Hall–Kier alpha value is -3.54. The molecule has 1 N–H and O–H groups in total. The number of benzene rings is 1. The summed E-state index contributed by atoms with van der Waals surface area (Å²) >= 11 is 0. The van der Waals surface area contributed by atoms with E-state index >= 15 is 0 Å². The molecule has 1 aromatic carbocycles. The highest BCUT2D eigenvalue weighted by Gasteiger charge is 2.44. The molecule has 6 nitrogen and oxygen atoms in total. The molecule has 154 valence electrons. The number of furan rings is 2. The molecule has 4 rings (SSSR count). The molecule has 0 fully saturated rings. The van der Waals surface area contributed by atoms with Gasteiger partial charge in [-0.3, -0.25) is 9.59 Å². The standard InChI is InChI=1S/C24H23NO5/c1-24(2,3)16-10-8-15(9-11-16)20-19(21(26)18-7-5-13-30-18)22(27)23(28)25(20)14-17-6-4-12-29-17/h4-13,20,27H,14H2,1-3H3. The van der Waals surface area contributed by atoms with Crippen LogP contribution in [0.5, 0.6) is 0 Å². The Balaban J connectivity index is 1.79. The topological polar surface area (TPSA) is 83.9 Å². The summed E-state index contributed by atoms with van der Waals surface area (Å²) in [6.07, 6.45) is 2.90. The van der Waals surface area contributed by atoms with Gasteiger partial charge >= 0.3 is 0 Å².